The number of carbonyl (C=O) groups excluding carboxylic acids is 2. The number of benzene rings is 3. The third-order valence-electron chi connectivity index (χ3n) is 6.21. The number of aromatic nitrogens is 1. The van der Waals surface area contributed by atoms with Crippen LogP contribution in [0.25, 0.3) is 10.9 Å². The molecule has 6 nitrogen and oxygen atoms in total. The summed E-state index contributed by atoms with van der Waals surface area (Å²) in [6.07, 6.45) is 0. The van der Waals surface area contributed by atoms with E-state index in [9.17, 15) is 9.59 Å². The first-order valence-corrected chi connectivity index (χ1v) is 12.6. The zero-order valence-corrected chi connectivity index (χ0v) is 20.5. The number of anilines is 1. The Kier molecular flexibility index (Phi) is 6.51. The maximum absolute atomic E-state index is 13.9. The third kappa shape index (κ3) is 4.39. The topological polar surface area (TPSA) is 63.6 Å². The van der Waals surface area contributed by atoms with E-state index in [4.69, 9.17) is 4.74 Å². The van der Waals surface area contributed by atoms with Crippen LogP contribution in [0.5, 0.6) is 5.75 Å². The molecular formula is C28H27N3O3S. The van der Waals surface area contributed by atoms with Crippen molar-refractivity contribution in [2.24, 2.45) is 7.05 Å². The Morgan fingerprint density at radius 3 is 2.49 bits per heavy atom. The van der Waals surface area contributed by atoms with Crippen molar-refractivity contribution in [1.29, 1.82) is 0 Å². The van der Waals surface area contributed by atoms with E-state index in [1.165, 1.54) is 11.8 Å². The van der Waals surface area contributed by atoms with E-state index in [1.807, 2.05) is 92.8 Å². The van der Waals surface area contributed by atoms with E-state index in [0.717, 1.165) is 32.8 Å². The normalized spacial score (nSPS) is 15.5. The van der Waals surface area contributed by atoms with Crippen LogP contribution in [0.3, 0.4) is 0 Å². The van der Waals surface area contributed by atoms with Crippen LogP contribution in [0, 0.1) is 0 Å². The molecule has 0 radical (unpaired) electrons. The highest BCUT2D eigenvalue weighted by Crippen LogP contribution is 2.43. The van der Waals surface area contributed by atoms with Crippen LogP contribution in [-0.4, -0.2) is 28.7 Å². The lowest BCUT2D eigenvalue weighted by Crippen LogP contribution is -2.43. The van der Waals surface area contributed by atoms with Crippen molar-refractivity contribution in [2.75, 3.05) is 17.3 Å². The molecule has 0 saturated heterocycles. The van der Waals surface area contributed by atoms with Gasteiger partial charge < -0.3 is 14.6 Å². The number of hydrogen-bond donors (Lipinski definition) is 1. The summed E-state index contributed by atoms with van der Waals surface area (Å²) in [5, 5.41) is 5.00. The van der Waals surface area contributed by atoms with E-state index >= 15 is 0 Å². The highest BCUT2D eigenvalue weighted by molar-refractivity contribution is 8.00. The average molecular weight is 486 g/mol. The van der Waals surface area contributed by atoms with Gasteiger partial charge in [-0.15, -0.1) is 0 Å². The molecule has 1 aliphatic heterocycles. The van der Waals surface area contributed by atoms with Gasteiger partial charge in [-0.25, -0.2) is 0 Å². The average Bonchev–Trinajstić information content (AvgIpc) is 3.06. The van der Waals surface area contributed by atoms with Gasteiger partial charge in [0, 0.05) is 35.7 Å². The molecule has 3 aromatic carbocycles. The summed E-state index contributed by atoms with van der Waals surface area (Å²) in [5.74, 6) is 0.645. The monoisotopic (exact) mass is 485 g/mol. The lowest BCUT2D eigenvalue weighted by Gasteiger charge is -2.30. The highest BCUT2D eigenvalue weighted by Gasteiger charge is 2.39. The van der Waals surface area contributed by atoms with Crippen LogP contribution in [-0.2, 0) is 23.2 Å². The number of nitrogens with one attached hydrogen (secondary N) is 1. The minimum Gasteiger partial charge on any atom is -0.494 e. The van der Waals surface area contributed by atoms with Gasteiger partial charge >= 0.3 is 0 Å². The Morgan fingerprint density at radius 2 is 1.74 bits per heavy atom. The molecule has 2 heterocycles. The number of hydrogen-bond acceptors (Lipinski definition) is 4. The van der Waals surface area contributed by atoms with Crippen LogP contribution < -0.4 is 15.0 Å². The summed E-state index contributed by atoms with van der Waals surface area (Å²) >= 11 is 1.48. The largest absolute Gasteiger partial charge is 0.494 e. The summed E-state index contributed by atoms with van der Waals surface area (Å²) in [7, 11) is 1.99. The van der Waals surface area contributed by atoms with Crippen LogP contribution in [0.1, 0.15) is 24.1 Å². The van der Waals surface area contributed by atoms with E-state index < -0.39 is 6.04 Å². The molecule has 0 fully saturated rings. The maximum atomic E-state index is 13.9. The Labute approximate surface area is 208 Å². The number of thioether (sulfide) groups is 1. The van der Waals surface area contributed by atoms with Crippen LogP contribution in [0.15, 0.2) is 83.9 Å². The summed E-state index contributed by atoms with van der Waals surface area (Å²) < 4.78 is 7.67. The van der Waals surface area contributed by atoms with Gasteiger partial charge in [-0.05, 0) is 42.8 Å². The van der Waals surface area contributed by atoms with Crippen molar-refractivity contribution in [3.05, 3.63) is 90.0 Å². The summed E-state index contributed by atoms with van der Waals surface area (Å²) in [6, 6.07) is 24.4. The highest BCUT2D eigenvalue weighted by atomic mass is 32.2. The smallest absolute Gasteiger partial charge is 0.248 e. The lowest BCUT2D eigenvalue weighted by atomic mass is 10.0. The minimum absolute atomic E-state index is 0.112. The standard InChI is InChI=1S/C28H27N3O3S/c1-3-34-21-15-13-20(14-16-21)31-24(32)18-35-28-25(22-11-7-8-12-23(22)30(28)2)26(31)27(33)29-17-19-9-5-4-6-10-19/h4-16,26H,3,17-18H2,1-2H3,(H,29,33). The Morgan fingerprint density at radius 1 is 1.03 bits per heavy atom. The second kappa shape index (κ2) is 9.88. The zero-order chi connectivity index (χ0) is 24.4. The predicted octanol–water partition coefficient (Wildman–Crippen LogP) is 5.07. The first kappa shape index (κ1) is 23.1. The molecule has 1 unspecified atom stereocenters. The molecule has 2 amide bonds. The molecule has 5 rings (SSSR count). The second-order valence-corrected chi connectivity index (χ2v) is 9.34. The van der Waals surface area contributed by atoms with E-state index in [1.54, 1.807) is 4.90 Å². The molecule has 0 spiro atoms. The number of amides is 2. The molecule has 0 saturated carbocycles. The van der Waals surface area contributed by atoms with Crippen LogP contribution >= 0.6 is 11.8 Å². The molecule has 1 aliphatic rings. The molecule has 0 bridgehead atoms. The Balaban J connectivity index is 1.62. The number of fused-ring (bicyclic) bond motifs is 3. The van der Waals surface area contributed by atoms with Gasteiger partial charge in [0.1, 0.15) is 11.8 Å². The fourth-order valence-corrected chi connectivity index (χ4v) is 5.67. The first-order chi connectivity index (χ1) is 17.1. The lowest BCUT2D eigenvalue weighted by molar-refractivity contribution is -0.125. The maximum Gasteiger partial charge on any atom is 0.248 e. The number of para-hydroxylation sites is 1. The number of nitrogens with zero attached hydrogens (tertiary/aromatic N) is 2. The van der Waals surface area contributed by atoms with Gasteiger partial charge in [0.2, 0.25) is 11.8 Å². The molecule has 1 atom stereocenters. The SMILES string of the molecule is CCOc1ccc(N2C(=O)CSc3c(c4ccccc4n3C)C2C(=O)NCc2ccccc2)cc1. The first-order valence-electron chi connectivity index (χ1n) is 11.6. The van der Waals surface area contributed by atoms with Crippen molar-refractivity contribution in [1.82, 2.24) is 9.88 Å². The number of carbonyl (C=O) groups is 2. The van der Waals surface area contributed by atoms with Crippen LogP contribution in [0.4, 0.5) is 5.69 Å². The molecular weight excluding hydrogens is 458 g/mol. The van der Waals surface area contributed by atoms with Gasteiger partial charge in [-0.3, -0.25) is 14.5 Å². The molecule has 178 valence electrons. The Hall–Kier alpha value is -3.71. The number of rotatable bonds is 6. The summed E-state index contributed by atoms with van der Waals surface area (Å²) in [5.41, 5.74) is 3.56. The summed E-state index contributed by atoms with van der Waals surface area (Å²) in [4.78, 5) is 29.0. The van der Waals surface area contributed by atoms with Crippen molar-refractivity contribution < 1.29 is 14.3 Å². The van der Waals surface area contributed by atoms with Crippen LogP contribution in [0.2, 0.25) is 0 Å². The fourth-order valence-electron chi connectivity index (χ4n) is 4.60. The number of aryl methyl sites for hydroxylation is 1. The molecule has 1 aromatic heterocycles. The second-order valence-electron chi connectivity index (χ2n) is 8.38. The fraction of sp³-hybridized carbons (Fsp3) is 0.214. The minimum atomic E-state index is -0.805. The summed E-state index contributed by atoms with van der Waals surface area (Å²) in [6.45, 7) is 2.87. The predicted molar refractivity (Wildman–Crippen MR) is 140 cm³/mol. The van der Waals surface area contributed by atoms with Gasteiger partial charge in [-0.2, -0.15) is 0 Å². The van der Waals surface area contributed by atoms with Gasteiger partial charge in [0.15, 0.2) is 0 Å². The molecule has 0 aliphatic carbocycles. The van der Waals surface area contributed by atoms with Crippen molar-refractivity contribution >= 4 is 40.2 Å². The van der Waals surface area contributed by atoms with Crippen molar-refractivity contribution in [3.63, 3.8) is 0 Å². The quantitative estimate of drug-likeness (QED) is 0.414. The molecule has 4 aromatic rings. The molecule has 35 heavy (non-hydrogen) atoms. The molecule has 1 N–H and O–H groups in total. The van der Waals surface area contributed by atoms with E-state index in [0.29, 0.717) is 18.8 Å². The zero-order valence-electron chi connectivity index (χ0n) is 19.7. The van der Waals surface area contributed by atoms with E-state index in [2.05, 4.69) is 9.88 Å². The number of ether oxygens (including phenoxy) is 1. The van der Waals surface area contributed by atoms with Gasteiger partial charge in [0.25, 0.3) is 0 Å². The van der Waals surface area contributed by atoms with Gasteiger partial charge in [-0.1, -0.05) is 60.3 Å². The Bertz CT molecular complexity index is 1370. The van der Waals surface area contributed by atoms with E-state index in [-0.39, 0.29) is 17.6 Å². The van der Waals surface area contributed by atoms with Crippen molar-refractivity contribution in [3.8, 4) is 5.75 Å². The molecule has 7 heteroatoms. The van der Waals surface area contributed by atoms with Gasteiger partial charge in [0.05, 0.1) is 17.4 Å². The van der Waals surface area contributed by atoms with Crippen molar-refractivity contribution in [2.45, 2.75) is 24.5 Å². The third-order valence-corrected chi connectivity index (χ3v) is 7.37.